The highest BCUT2D eigenvalue weighted by Gasteiger charge is 2.40. The molecule has 0 heterocycles. The van der Waals surface area contributed by atoms with E-state index >= 15 is 0 Å². The van der Waals surface area contributed by atoms with Crippen molar-refractivity contribution >= 4 is 23.3 Å². The number of hydrogen-bond acceptors (Lipinski definition) is 1. The van der Waals surface area contributed by atoms with Crippen LogP contribution in [-0.2, 0) is 6.18 Å². The third kappa shape index (κ3) is 3.79. The zero-order valence-corrected chi connectivity index (χ0v) is 13.9. The van der Waals surface area contributed by atoms with Gasteiger partial charge in [0, 0.05) is 11.7 Å². The standard InChI is InChI=1S/C17H20ClF3N2O/c18-14-3-2-12(10-13(14)17(19,20)21)23-15(24)22-11-4-8-16(9-5-11)6-1-7-16/h2-3,10-11H,1,4-9H2,(H2,22,23,24). The predicted molar refractivity (Wildman–Crippen MR) is 87.1 cm³/mol. The van der Waals surface area contributed by atoms with Gasteiger partial charge in [-0.15, -0.1) is 0 Å². The van der Waals surface area contributed by atoms with Crippen molar-refractivity contribution in [2.75, 3.05) is 5.32 Å². The highest BCUT2D eigenvalue weighted by Crippen LogP contribution is 2.51. The molecule has 3 nitrogen and oxygen atoms in total. The lowest BCUT2D eigenvalue weighted by molar-refractivity contribution is -0.137. The quantitative estimate of drug-likeness (QED) is 0.708. The van der Waals surface area contributed by atoms with E-state index in [1.807, 2.05) is 0 Å². The van der Waals surface area contributed by atoms with E-state index in [0.29, 0.717) is 5.41 Å². The largest absolute Gasteiger partial charge is 0.417 e. The first-order valence-corrected chi connectivity index (χ1v) is 8.60. The second kappa shape index (κ2) is 6.47. The molecule has 0 radical (unpaired) electrons. The topological polar surface area (TPSA) is 41.1 Å². The Labute approximate surface area is 143 Å². The number of carbonyl (C=O) groups is 1. The maximum absolute atomic E-state index is 12.8. The molecule has 2 aliphatic rings. The van der Waals surface area contributed by atoms with Crippen LogP contribution in [0.4, 0.5) is 23.7 Å². The Morgan fingerprint density at radius 1 is 1.17 bits per heavy atom. The SMILES string of the molecule is O=C(Nc1ccc(Cl)c(C(F)(F)F)c1)NC1CCC2(CCC2)CC1. The molecule has 0 unspecified atom stereocenters. The van der Waals surface area contributed by atoms with Gasteiger partial charge in [-0.05, 0) is 62.1 Å². The molecule has 0 saturated heterocycles. The first-order chi connectivity index (χ1) is 11.3. The summed E-state index contributed by atoms with van der Waals surface area (Å²) in [5, 5.41) is 4.95. The summed E-state index contributed by atoms with van der Waals surface area (Å²) < 4.78 is 38.5. The van der Waals surface area contributed by atoms with Crippen LogP contribution in [0.3, 0.4) is 0 Å². The highest BCUT2D eigenvalue weighted by atomic mass is 35.5. The van der Waals surface area contributed by atoms with Gasteiger partial charge in [-0.25, -0.2) is 4.79 Å². The number of alkyl halides is 3. The van der Waals surface area contributed by atoms with Crippen molar-refractivity contribution in [1.82, 2.24) is 5.32 Å². The van der Waals surface area contributed by atoms with Crippen molar-refractivity contribution in [1.29, 1.82) is 0 Å². The zero-order valence-electron chi connectivity index (χ0n) is 13.2. The number of rotatable bonds is 2. The number of anilines is 1. The molecule has 2 amide bonds. The molecule has 2 aliphatic carbocycles. The fraction of sp³-hybridized carbons (Fsp3) is 0.588. The minimum Gasteiger partial charge on any atom is -0.335 e. The normalized spacial score (nSPS) is 20.5. The summed E-state index contributed by atoms with van der Waals surface area (Å²) in [6.07, 6.45) is 3.44. The van der Waals surface area contributed by atoms with Gasteiger partial charge in [0.25, 0.3) is 0 Å². The van der Waals surface area contributed by atoms with Crippen molar-refractivity contribution < 1.29 is 18.0 Å². The number of nitrogens with one attached hydrogen (secondary N) is 2. The van der Waals surface area contributed by atoms with E-state index in [1.165, 1.54) is 25.3 Å². The van der Waals surface area contributed by atoms with Crippen LogP contribution in [0.1, 0.15) is 50.5 Å². The van der Waals surface area contributed by atoms with Crippen LogP contribution in [0.15, 0.2) is 18.2 Å². The van der Waals surface area contributed by atoms with Crippen LogP contribution < -0.4 is 10.6 Å². The number of halogens is 4. The second-order valence-electron chi connectivity index (χ2n) is 6.92. The number of carbonyl (C=O) groups excluding carboxylic acids is 1. The van der Waals surface area contributed by atoms with Crippen LogP contribution in [0.5, 0.6) is 0 Å². The molecule has 2 fully saturated rings. The molecule has 132 valence electrons. The van der Waals surface area contributed by atoms with Gasteiger partial charge in [0.05, 0.1) is 10.6 Å². The highest BCUT2D eigenvalue weighted by molar-refractivity contribution is 6.31. The fourth-order valence-electron chi connectivity index (χ4n) is 3.72. The van der Waals surface area contributed by atoms with Crippen LogP contribution in [0.25, 0.3) is 0 Å². The predicted octanol–water partition coefficient (Wildman–Crippen LogP) is 5.59. The van der Waals surface area contributed by atoms with Crippen LogP contribution in [0.2, 0.25) is 5.02 Å². The summed E-state index contributed by atoms with van der Waals surface area (Å²) in [4.78, 5) is 12.0. The van der Waals surface area contributed by atoms with E-state index in [2.05, 4.69) is 10.6 Å². The Hall–Kier alpha value is -1.43. The lowest BCUT2D eigenvalue weighted by atomic mass is 9.60. The van der Waals surface area contributed by atoms with E-state index in [1.54, 1.807) is 0 Å². The molecule has 3 rings (SSSR count). The van der Waals surface area contributed by atoms with Gasteiger partial charge < -0.3 is 10.6 Å². The minimum atomic E-state index is -4.55. The molecule has 0 atom stereocenters. The molecule has 2 N–H and O–H groups in total. The molecule has 1 aromatic carbocycles. The van der Waals surface area contributed by atoms with E-state index < -0.39 is 17.8 Å². The fourth-order valence-corrected chi connectivity index (χ4v) is 3.95. The van der Waals surface area contributed by atoms with E-state index in [4.69, 9.17) is 11.6 Å². The van der Waals surface area contributed by atoms with E-state index in [-0.39, 0.29) is 16.8 Å². The molecule has 7 heteroatoms. The lowest BCUT2D eigenvalue weighted by Gasteiger charge is -2.47. The second-order valence-corrected chi connectivity index (χ2v) is 7.33. The maximum atomic E-state index is 12.8. The molecule has 2 saturated carbocycles. The molecule has 1 spiro atoms. The molecule has 0 bridgehead atoms. The number of urea groups is 1. The molecular formula is C17H20ClF3N2O. The minimum absolute atomic E-state index is 0.0792. The third-order valence-electron chi connectivity index (χ3n) is 5.33. The summed E-state index contributed by atoms with van der Waals surface area (Å²) in [5.74, 6) is 0. The zero-order chi connectivity index (χ0) is 17.4. The number of hydrogen-bond donors (Lipinski definition) is 2. The van der Waals surface area contributed by atoms with Gasteiger partial charge in [-0.1, -0.05) is 18.0 Å². The average Bonchev–Trinajstić information content (AvgIpc) is 2.47. The van der Waals surface area contributed by atoms with Crippen molar-refractivity contribution in [3.63, 3.8) is 0 Å². The molecule has 0 aliphatic heterocycles. The first-order valence-electron chi connectivity index (χ1n) is 8.22. The Morgan fingerprint density at radius 3 is 2.38 bits per heavy atom. The Balaban J connectivity index is 1.55. The van der Waals surface area contributed by atoms with Gasteiger partial charge >= 0.3 is 12.2 Å². The summed E-state index contributed by atoms with van der Waals surface area (Å²) >= 11 is 5.57. The molecule has 1 aromatic rings. The van der Waals surface area contributed by atoms with E-state index in [9.17, 15) is 18.0 Å². The Morgan fingerprint density at radius 2 is 1.83 bits per heavy atom. The van der Waals surface area contributed by atoms with Crippen LogP contribution in [-0.4, -0.2) is 12.1 Å². The van der Waals surface area contributed by atoms with E-state index in [0.717, 1.165) is 37.8 Å². The number of amides is 2. The van der Waals surface area contributed by atoms with Gasteiger partial charge in [0.2, 0.25) is 0 Å². The smallest absolute Gasteiger partial charge is 0.335 e. The summed E-state index contributed by atoms with van der Waals surface area (Å²) in [5.41, 5.74) is -0.367. The lowest BCUT2D eigenvalue weighted by Crippen LogP contribution is -2.44. The Kier molecular flexibility index (Phi) is 4.69. The van der Waals surface area contributed by atoms with Gasteiger partial charge in [0.15, 0.2) is 0 Å². The van der Waals surface area contributed by atoms with Crippen LogP contribution in [0, 0.1) is 5.41 Å². The first kappa shape index (κ1) is 17.4. The van der Waals surface area contributed by atoms with Crippen molar-refractivity contribution in [2.45, 2.75) is 57.2 Å². The summed E-state index contributed by atoms with van der Waals surface area (Å²) in [6.45, 7) is 0. The molecule has 24 heavy (non-hydrogen) atoms. The summed E-state index contributed by atoms with van der Waals surface area (Å²) in [7, 11) is 0. The third-order valence-corrected chi connectivity index (χ3v) is 5.65. The number of benzene rings is 1. The summed E-state index contributed by atoms with van der Waals surface area (Å²) in [6, 6.07) is 2.97. The van der Waals surface area contributed by atoms with Crippen molar-refractivity contribution in [3.8, 4) is 0 Å². The molecule has 0 aromatic heterocycles. The maximum Gasteiger partial charge on any atom is 0.417 e. The van der Waals surface area contributed by atoms with Crippen molar-refractivity contribution in [2.24, 2.45) is 5.41 Å². The Bertz CT molecular complexity index is 619. The van der Waals surface area contributed by atoms with Crippen molar-refractivity contribution in [3.05, 3.63) is 28.8 Å². The van der Waals surface area contributed by atoms with Gasteiger partial charge in [0.1, 0.15) is 0 Å². The van der Waals surface area contributed by atoms with Crippen LogP contribution >= 0.6 is 11.6 Å². The average molecular weight is 361 g/mol. The van der Waals surface area contributed by atoms with Gasteiger partial charge in [-0.3, -0.25) is 0 Å². The molecular weight excluding hydrogens is 341 g/mol. The van der Waals surface area contributed by atoms with Gasteiger partial charge in [-0.2, -0.15) is 13.2 Å². The monoisotopic (exact) mass is 360 g/mol.